The van der Waals surface area contributed by atoms with Gasteiger partial charge in [-0.1, -0.05) is 0 Å². The molecule has 0 saturated carbocycles. The fourth-order valence-corrected chi connectivity index (χ4v) is 2.02. The average molecular weight is 260 g/mol. The van der Waals surface area contributed by atoms with Gasteiger partial charge in [0.25, 0.3) is 0 Å². The second-order valence-corrected chi connectivity index (χ2v) is 4.21. The summed E-state index contributed by atoms with van der Waals surface area (Å²) < 4.78 is 5.46. The Bertz CT molecular complexity index is 617. The van der Waals surface area contributed by atoms with E-state index in [9.17, 15) is 9.90 Å². The predicted molar refractivity (Wildman–Crippen MR) is 73.5 cm³/mol. The van der Waals surface area contributed by atoms with Crippen molar-refractivity contribution in [2.75, 3.05) is 12.3 Å². The lowest BCUT2D eigenvalue weighted by molar-refractivity contribution is 0.0699. The van der Waals surface area contributed by atoms with Crippen LogP contribution in [0, 0.1) is 6.92 Å². The van der Waals surface area contributed by atoms with Crippen molar-refractivity contribution in [1.29, 1.82) is 0 Å². The Kier molecular flexibility index (Phi) is 3.46. The molecule has 100 valence electrons. The zero-order chi connectivity index (χ0) is 14.0. The number of aromatic carboxylic acids is 1. The van der Waals surface area contributed by atoms with Gasteiger partial charge in [-0.25, -0.2) is 4.79 Å². The number of nitrogens with two attached hydrogens (primary N) is 1. The topological polar surface area (TPSA) is 88.3 Å². The van der Waals surface area contributed by atoms with Crippen LogP contribution in [0.5, 0.6) is 5.75 Å². The highest BCUT2D eigenvalue weighted by molar-refractivity contribution is 6.00. The lowest BCUT2D eigenvalue weighted by atomic mass is 10.0. The van der Waals surface area contributed by atoms with Gasteiger partial charge in [-0.2, -0.15) is 0 Å². The first-order valence-electron chi connectivity index (χ1n) is 5.98. The SMILES string of the molecule is CCOc1ccc(-c2[nH]cc(N)c2C(=O)O)cc1C. The third kappa shape index (κ3) is 2.40. The van der Waals surface area contributed by atoms with Crippen LogP contribution in [0.25, 0.3) is 11.3 Å². The Labute approximate surface area is 111 Å². The summed E-state index contributed by atoms with van der Waals surface area (Å²) in [6.45, 7) is 4.43. The van der Waals surface area contributed by atoms with E-state index in [4.69, 9.17) is 10.5 Å². The molecule has 19 heavy (non-hydrogen) atoms. The van der Waals surface area contributed by atoms with E-state index in [0.717, 1.165) is 16.9 Å². The molecular weight excluding hydrogens is 244 g/mol. The summed E-state index contributed by atoms with van der Waals surface area (Å²) in [5.41, 5.74) is 8.22. The van der Waals surface area contributed by atoms with E-state index in [-0.39, 0.29) is 11.3 Å². The number of nitrogen functional groups attached to an aromatic ring is 1. The van der Waals surface area contributed by atoms with Crippen LogP contribution in [-0.4, -0.2) is 22.7 Å². The molecule has 0 unspecified atom stereocenters. The standard InChI is InChI=1S/C14H16N2O3/c1-3-19-11-5-4-9(6-8(11)2)13-12(14(17)18)10(15)7-16-13/h4-7,16H,3,15H2,1-2H3,(H,17,18). The number of carboxylic acid groups (broad SMARTS) is 1. The maximum atomic E-state index is 11.2. The van der Waals surface area contributed by atoms with Crippen LogP contribution in [0.15, 0.2) is 24.4 Å². The third-order valence-electron chi connectivity index (χ3n) is 2.89. The van der Waals surface area contributed by atoms with Crippen LogP contribution in [0.4, 0.5) is 5.69 Å². The van der Waals surface area contributed by atoms with Gasteiger partial charge in [0.1, 0.15) is 11.3 Å². The molecule has 0 amide bonds. The molecule has 4 N–H and O–H groups in total. The number of benzene rings is 1. The van der Waals surface area contributed by atoms with Crippen LogP contribution >= 0.6 is 0 Å². The third-order valence-corrected chi connectivity index (χ3v) is 2.89. The molecule has 1 aromatic carbocycles. The van der Waals surface area contributed by atoms with Crippen molar-refractivity contribution < 1.29 is 14.6 Å². The first-order chi connectivity index (χ1) is 9.04. The zero-order valence-electron chi connectivity index (χ0n) is 10.9. The van der Waals surface area contributed by atoms with Crippen molar-refractivity contribution in [3.05, 3.63) is 35.5 Å². The predicted octanol–water partition coefficient (Wildman–Crippen LogP) is 2.67. The summed E-state index contributed by atoms with van der Waals surface area (Å²) in [5, 5.41) is 9.18. The summed E-state index contributed by atoms with van der Waals surface area (Å²) in [5.74, 6) is -0.247. The number of aryl methyl sites for hydroxylation is 1. The van der Waals surface area contributed by atoms with Gasteiger partial charge in [-0.15, -0.1) is 0 Å². The Morgan fingerprint density at radius 2 is 2.21 bits per heavy atom. The van der Waals surface area contributed by atoms with Crippen molar-refractivity contribution in [1.82, 2.24) is 4.98 Å². The number of carboxylic acids is 1. The van der Waals surface area contributed by atoms with Gasteiger partial charge in [-0.3, -0.25) is 0 Å². The first kappa shape index (κ1) is 13.0. The molecule has 0 spiro atoms. The van der Waals surface area contributed by atoms with E-state index in [2.05, 4.69) is 4.98 Å². The molecule has 0 bridgehead atoms. The van der Waals surface area contributed by atoms with E-state index >= 15 is 0 Å². The van der Waals surface area contributed by atoms with E-state index < -0.39 is 5.97 Å². The second kappa shape index (κ2) is 5.06. The van der Waals surface area contributed by atoms with Crippen molar-refractivity contribution in [3.8, 4) is 17.0 Å². The van der Waals surface area contributed by atoms with Gasteiger partial charge < -0.3 is 20.6 Å². The fourth-order valence-electron chi connectivity index (χ4n) is 2.02. The number of aromatic nitrogens is 1. The minimum atomic E-state index is -1.04. The van der Waals surface area contributed by atoms with Gasteiger partial charge in [0.05, 0.1) is 18.0 Å². The maximum Gasteiger partial charge on any atom is 0.340 e. The van der Waals surface area contributed by atoms with E-state index in [1.54, 1.807) is 0 Å². The molecule has 2 rings (SSSR count). The van der Waals surface area contributed by atoms with Gasteiger partial charge in [0, 0.05) is 6.20 Å². The number of carbonyl (C=O) groups is 1. The van der Waals surface area contributed by atoms with Crippen LogP contribution in [0.3, 0.4) is 0 Å². The van der Waals surface area contributed by atoms with Crippen LogP contribution < -0.4 is 10.5 Å². The lowest BCUT2D eigenvalue weighted by Gasteiger charge is -2.09. The number of rotatable bonds is 4. The molecule has 0 atom stereocenters. The molecule has 1 aromatic heterocycles. The van der Waals surface area contributed by atoms with Crippen LogP contribution in [0.1, 0.15) is 22.8 Å². The Balaban J connectivity index is 2.48. The smallest absolute Gasteiger partial charge is 0.340 e. The number of nitrogens with one attached hydrogen (secondary N) is 1. The number of H-pyrrole nitrogens is 1. The average Bonchev–Trinajstić information content (AvgIpc) is 2.74. The summed E-state index contributed by atoms with van der Waals surface area (Å²) in [6, 6.07) is 5.52. The summed E-state index contributed by atoms with van der Waals surface area (Å²) in [6.07, 6.45) is 1.49. The molecular formula is C14H16N2O3. The molecule has 2 aromatic rings. The lowest BCUT2D eigenvalue weighted by Crippen LogP contribution is -2.01. The molecule has 0 aliphatic rings. The maximum absolute atomic E-state index is 11.2. The van der Waals surface area contributed by atoms with Crippen molar-refractivity contribution in [3.63, 3.8) is 0 Å². The van der Waals surface area contributed by atoms with E-state index in [0.29, 0.717) is 12.3 Å². The van der Waals surface area contributed by atoms with E-state index in [1.807, 2.05) is 32.0 Å². The Morgan fingerprint density at radius 3 is 2.79 bits per heavy atom. The summed E-state index contributed by atoms with van der Waals surface area (Å²) >= 11 is 0. The minimum Gasteiger partial charge on any atom is -0.494 e. The van der Waals surface area contributed by atoms with Crippen molar-refractivity contribution in [2.45, 2.75) is 13.8 Å². The molecule has 0 saturated heterocycles. The van der Waals surface area contributed by atoms with Crippen LogP contribution in [-0.2, 0) is 0 Å². The number of aromatic amines is 1. The highest BCUT2D eigenvalue weighted by Crippen LogP contribution is 2.30. The molecule has 1 heterocycles. The zero-order valence-corrected chi connectivity index (χ0v) is 10.9. The summed E-state index contributed by atoms with van der Waals surface area (Å²) in [4.78, 5) is 14.1. The highest BCUT2D eigenvalue weighted by Gasteiger charge is 2.17. The van der Waals surface area contributed by atoms with Gasteiger partial charge in [0.2, 0.25) is 0 Å². The van der Waals surface area contributed by atoms with Gasteiger partial charge in [-0.05, 0) is 43.2 Å². The largest absolute Gasteiger partial charge is 0.494 e. The molecule has 0 fully saturated rings. The van der Waals surface area contributed by atoms with Crippen molar-refractivity contribution >= 4 is 11.7 Å². The van der Waals surface area contributed by atoms with Gasteiger partial charge in [0.15, 0.2) is 0 Å². The molecule has 0 radical (unpaired) electrons. The molecule has 0 aliphatic heterocycles. The number of hydrogen-bond acceptors (Lipinski definition) is 3. The molecule has 0 aliphatic carbocycles. The monoisotopic (exact) mass is 260 g/mol. The molecule has 5 nitrogen and oxygen atoms in total. The number of ether oxygens (including phenoxy) is 1. The fraction of sp³-hybridized carbons (Fsp3) is 0.214. The number of hydrogen-bond donors (Lipinski definition) is 3. The van der Waals surface area contributed by atoms with Crippen molar-refractivity contribution in [2.24, 2.45) is 0 Å². The molecule has 5 heteroatoms. The van der Waals surface area contributed by atoms with Gasteiger partial charge >= 0.3 is 5.97 Å². The van der Waals surface area contributed by atoms with E-state index in [1.165, 1.54) is 6.20 Å². The first-order valence-corrected chi connectivity index (χ1v) is 5.98. The number of anilines is 1. The highest BCUT2D eigenvalue weighted by atomic mass is 16.5. The normalized spacial score (nSPS) is 10.4. The second-order valence-electron chi connectivity index (χ2n) is 4.21. The minimum absolute atomic E-state index is 0.101. The Hall–Kier alpha value is -2.43. The Morgan fingerprint density at radius 1 is 1.47 bits per heavy atom. The summed E-state index contributed by atoms with van der Waals surface area (Å²) in [7, 11) is 0. The quantitative estimate of drug-likeness (QED) is 0.788. The van der Waals surface area contributed by atoms with Crippen LogP contribution in [0.2, 0.25) is 0 Å².